The number of hydrogen-bond donors (Lipinski definition) is 2. The van der Waals surface area contributed by atoms with Crippen molar-refractivity contribution in [2.75, 3.05) is 97.2 Å². The van der Waals surface area contributed by atoms with Crippen LogP contribution in [0.15, 0.2) is 24.3 Å². The van der Waals surface area contributed by atoms with Crippen LogP contribution in [0.3, 0.4) is 0 Å². The summed E-state index contributed by atoms with van der Waals surface area (Å²) in [6.45, 7) is 9.43. The number of esters is 1. The molecule has 1 aromatic carbocycles. The third-order valence-corrected chi connectivity index (χ3v) is 7.42. The molecule has 2 N–H and O–H groups in total. The Hall–Kier alpha value is -3.75. The van der Waals surface area contributed by atoms with Crippen molar-refractivity contribution >= 4 is 35.6 Å². The average Bonchev–Trinajstić information content (AvgIpc) is 3.34. The lowest BCUT2D eigenvalue weighted by Gasteiger charge is -2.38. The number of amides is 3. The number of benzene rings is 1. The Bertz CT molecular complexity index is 1100. The zero-order valence-electron chi connectivity index (χ0n) is 23.7. The number of nitrogens with one attached hydrogen (secondary N) is 2. The van der Waals surface area contributed by atoms with E-state index in [1.165, 1.54) is 7.11 Å². The first kappa shape index (κ1) is 30.2. The molecule has 14 nitrogen and oxygen atoms in total. The minimum absolute atomic E-state index is 0.0975. The molecule has 1 aromatic rings. The van der Waals surface area contributed by atoms with E-state index >= 15 is 0 Å². The van der Waals surface area contributed by atoms with Gasteiger partial charge in [0.2, 0.25) is 5.91 Å². The summed E-state index contributed by atoms with van der Waals surface area (Å²) < 4.78 is 15.1. The molecule has 224 valence electrons. The Labute approximate surface area is 239 Å². The monoisotopic (exact) mass is 573 g/mol. The zero-order valence-corrected chi connectivity index (χ0v) is 23.7. The molecule has 3 fully saturated rings. The zero-order chi connectivity index (χ0) is 29.4. The largest absolute Gasteiger partial charge is 0.465 e. The molecule has 1 atom stereocenters. The lowest BCUT2D eigenvalue weighted by molar-refractivity contribution is -0.145. The van der Waals surface area contributed by atoms with Crippen LogP contribution in [0, 0.1) is 5.41 Å². The van der Waals surface area contributed by atoms with Crippen molar-refractivity contribution in [1.82, 2.24) is 24.9 Å². The second kappa shape index (κ2) is 14.2. The molecule has 0 aliphatic carbocycles. The normalized spacial score (nSPS) is 20.4. The van der Waals surface area contributed by atoms with Gasteiger partial charge in [0, 0.05) is 70.2 Å². The van der Waals surface area contributed by atoms with Crippen molar-refractivity contribution in [1.29, 1.82) is 5.41 Å². The number of hydrogen-bond acceptors (Lipinski definition) is 11. The lowest BCUT2D eigenvalue weighted by atomic mass is 10.1. The van der Waals surface area contributed by atoms with Crippen molar-refractivity contribution in [2.45, 2.75) is 13.0 Å². The highest BCUT2D eigenvalue weighted by Crippen LogP contribution is 2.23. The molecule has 0 aromatic heterocycles. The number of rotatable bonds is 9. The summed E-state index contributed by atoms with van der Waals surface area (Å²) >= 11 is 0. The maximum atomic E-state index is 12.8. The van der Waals surface area contributed by atoms with Crippen molar-refractivity contribution in [3.63, 3.8) is 0 Å². The maximum Gasteiger partial charge on any atom is 0.414 e. The molecule has 3 heterocycles. The molecule has 0 bridgehead atoms. The minimum Gasteiger partial charge on any atom is -0.465 e. The van der Waals surface area contributed by atoms with Crippen LogP contribution in [0.4, 0.5) is 15.3 Å². The third kappa shape index (κ3) is 8.38. The number of amidine groups is 1. The van der Waals surface area contributed by atoms with Crippen LogP contribution in [-0.4, -0.2) is 148 Å². The van der Waals surface area contributed by atoms with Crippen molar-refractivity contribution in [3.8, 4) is 0 Å². The summed E-state index contributed by atoms with van der Waals surface area (Å²) in [6.07, 6.45) is -1.42. The van der Waals surface area contributed by atoms with Gasteiger partial charge in [-0.15, -0.1) is 0 Å². The van der Waals surface area contributed by atoms with Gasteiger partial charge in [-0.25, -0.2) is 9.59 Å². The second-order valence-electron chi connectivity index (χ2n) is 10.2. The molecule has 3 aliphatic rings. The van der Waals surface area contributed by atoms with Gasteiger partial charge in [0.25, 0.3) is 0 Å². The average molecular weight is 574 g/mol. The van der Waals surface area contributed by atoms with Crippen molar-refractivity contribution in [3.05, 3.63) is 29.8 Å². The summed E-state index contributed by atoms with van der Waals surface area (Å²) in [5, 5.41) is 10.2. The standard InChI is InChI=1S/C27H39N7O7/c1-3-40-24(36)19-32-12-14-33(15-13-32)23(35)18-31-10-8-30(9-11-31)16-22-17-34(27(38)41-22)21-6-4-20(5-7-21)25(28)29-26(37)39-2/h4-7,22H,3,8-19H2,1-2H3,(H2,28,29,37)/t22-/m0/s1. The summed E-state index contributed by atoms with van der Waals surface area (Å²) in [6, 6.07) is 6.72. The molecular weight excluding hydrogens is 534 g/mol. The van der Waals surface area contributed by atoms with Crippen LogP contribution in [0.25, 0.3) is 0 Å². The van der Waals surface area contributed by atoms with E-state index in [1.807, 2.05) is 9.80 Å². The smallest absolute Gasteiger partial charge is 0.414 e. The van der Waals surface area contributed by atoms with E-state index < -0.39 is 12.2 Å². The fraction of sp³-hybridized carbons (Fsp3) is 0.593. The number of carbonyl (C=O) groups is 4. The lowest BCUT2D eigenvalue weighted by Crippen LogP contribution is -2.54. The number of anilines is 1. The first-order valence-corrected chi connectivity index (χ1v) is 13.9. The van der Waals surface area contributed by atoms with Gasteiger partial charge in [-0.1, -0.05) is 0 Å². The number of piperazine rings is 2. The summed E-state index contributed by atoms with van der Waals surface area (Å²) in [5.41, 5.74) is 1.13. The van der Waals surface area contributed by atoms with Gasteiger partial charge in [0.05, 0.1) is 33.4 Å². The van der Waals surface area contributed by atoms with E-state index in [9.17, 15) is 19.2 Å². The molecule has 14 heteroatoms. The fourth-order valence-electron chi connectivity index (χ4n) is 5.11. The SMILES string of the molecule is CCOC(=O)CN1CCN(C(=O)CN2CCN(C[C@H]3CN(c4ccc(C(=N)NC(=O)OC)cc4)C(=O)O3)CC2)CC1. The highest BCUT2D eigenvalue weighted by molar-refractivity contribution is 6.04. The highest BCUT2D eigenvalue weighted by Gasteiger charge is 2.34. The van der Waals surface area contributed by atoms with Crippen LogP contribution < -0.4 is 10.2 Å². The molecule has 3 saturated heterocycles. The van der Waals surface area contributed by atoms with Crippen molar-refractivity contribution in [2.24, 2.45) is 0 Å². The number of methoxy groups -OCH3 is 1. The van der Waals surface area contributed by atoms with E-state index in [-0.39, 0.29) is 30.4 Å². The summed E-state index contributed by atoms with van der Waals surface area (Å²) in [4.78, 5) is 58.3. The van der Waals surface area contributed by atoms with E-state index in [4.69, 9.17) is 14.9 Å². The van der Waals surface area contributed by atoms with Gasteiger partial charge >= 0.3 is 18.2 Å². The summed E-state index contributed by atoms with van der Waals surface area (Å²) in [7, 11) is 1.23. The van der Waals surface area contributed by atoms with Crippen LogP contribution in [0.5, 0.6) is 0 Å². The van der Waals surface area contributed by atoms with Crippen molar-refractivity contribution < 1.29 is 33.4 Å². The number of ether oxygens (including phenoxy) is 3. The topological polar surface area (TPSA) is 148 Å². The van der Waals surface area contributed by atoms with E-state index in [0.29, 0.717) is 63.7 Å². The van der Waals surface area contributed by atoms with Crippen LogP contribution in [0.2, 0.25) is 0 Å². The molecular formula is C27H39N7O7. The van der Waals surface area contributed by atoms with Gasteiger partial charge in [0.1, 0.15) is 11.9 Å². The van der Waals surface area contributed by atoms with Gasteiger partial charge in [-0.2, -0.15) is 0 Å². The van der Waals surface area contributed by atoms with Crippen LogP contribution >= 0.6 is 0 Å². The first-order chi connectivity index (χ1) is 19.7. The molecule has 0 spiro atoms. The quantitative estimate of drug-likeness (QED) is 0.179. The molecule has 0 saturated carbocycles. The van der Waals surface area contributed by atoms with Gasteiger partial charge in [-0.05, 0) is 31.2 Å². The Morgan fingerprint density at radius 3 is 2.20 bits per heavy atom. The first-order valence-electron chi connectivity index (χ1n) is 13.9. The Morgan fingerprint density at radius 2 is 1.56 bits per heavy atom. The van der Waals surface area contributed by atoms with E-state index in [2.05, 4.69) is 19.9 Å². The Morgan fingerprint density at radius 1 is 0.951 bits per heavy atom. The van der Waals surface area contributed by atoms with E-state index in [0.717, 1.165) is 26.2 Å². The molecule has 41 heavy (non-hydrogen) atoms. The predicted octanol–water partition coefficient (Wildman–Crippen LogP) is 0.0181. The number of cyclic esters (lactones) is 1. The molecule has 3 aliphatic heterocycles. The Balaban J connectivity index is 1.16. The predicted molar refractivity (Wildman–Crippen MR) is 149 cm³/mol. The molecule has 0 radical (unpaired) electrons. The van der Waals surface area contributed by atoms with Crippen LogP contribution in [-0.2, 0) is 23.8 Å². The molecule has 0 unspecified atom stereocenters. The van der Waals surface area contributed by atoms with Gasteiger partial charge in [0.15, 0.2) is 0 Å². The van der Waals surface area contributed by atoms with Crippen LogP contribution in [0.1, 0.15) is 12.5 Å². The maximum absolute atomic E-state index is 12.8. The summed E-state index contributed by atoms with van der Waals surface area (Å²) in [5.74, 6) is -0.218. The molecule has 4 rings (SSSR count). The van der Waals surface area contributed by atoms with Gasteiger partial charge in [-0.3, -0.25) is 39.9 Å². The number of carbonyl (C=O) groups excluding carboxylic acids is 4. The number of alkyl carbamates (subject to hydrolysis) is 1. The third-order valence-electron chi connectivity index (χ3n) is 7.42. The number of nitrogens with zero attached hydrogens (tertiary/aromatic N) is 5. The fourth-order valence-corrected chi connectivity index (χ4v) is 5.11. The molecule has 3 amide bonds. The minimum atomic E-state index is -0.722. The second-order valence-corrected chi connectivity index (χ2v) is 10.2. The Kier molecular flexibility index (Phi) is 10.5. The highest BCUT2D eigenvalue weighted by atomic mass is 16.6. The van der Waals surface area contributed by atoms with Gasteiger partial charge < -0.3 is 19.1 Å². The van der Waals surface area contributed by atoms with E-state index in [1.54, 1.807) is 36.1 Å².